The molecule has 0 aromatic heterocycles. The van der Waals surface area contributed by atoms with Gasteiger partial charge < -0.3 is 20.1 Å². The van der Waals surface area contributed by atoms with Crippen molar-refractivity contribution in [3.63, 3.8) is 0 Å². The molecule has 0 spiro atoms. The molecule has 0 aliphatic carbocycles. The molecule has 2 heterocycles. The third kappa shape index (κ3) is 2.73. The Morgan fingerprint density at radius 1 is 1.21 bits per heavy atom. The fourth-order valence-electron chi connectivity index (χ4n) is 3.55. The van der Waals surface area contributed by atoms with E-state index in [1.165, 1.54) is 30.2 Å². The van der Waals surface area contributed by atoms with Crippen LogP contribution in [0.5, 0.6) is 11.5 Å². The number of ether oxygens (including phenoxy) is 1. The van der Waals surface area contributed by atoms with E-state index in [4.69, 9.17) is 16.3 Å². The molecule has 0 saturated carbocycles. The molecule has 9 heteroatoms. The van der Waals surface area contributed by atoms with Crippen LogP contribution in [0.2, 0.25) is 5.02 Å². The maximum Gasteiger partial charge on any atom is 0.322 e. The van der Waals surface area contributed by atoms with E-state index in [0.717, 1.165) is 5.56 Å². The number of urea groups is 1. The number of methoxy groups -OCH3 is 1. The van der Waals surface area contributed by atoms with Crippen LogP contribution in [0.25, 0.3) is 0 Å². The van der Waals surface area contributed by atoms with Gasteiger partial charge in [0, 0.05) is 12.1 Å². The predicted molar refractivity (Wildman–Crippen MR) is 99.2 cm³/mol. The summed E-state index contributed by atoms with van der Waals surface area (Å²) < 4.78 is 5.17. The zero-order valence-electron chi connectivity index (χ0n) is 14.8. The molecule has 3 N–H and O–H groups in total. The van der Waals surface area contributed by atoms with Gasteiger partial charge in [0.1, 0.15) is 11.5 Å². The minimum atomic E-state index is -1.52. The molecular formula is C19H16ClN3O5. The van der Waals surface area contributed by atoms with Crippen LogP contribution in [0.3, 0.4) is 0 Å². The zero-order chi connectivity index (χ0) is 20.1. The topological polar surface area (TPSA) is 108 Å². The van der Waals surface area contributed by atoms with Crippen LogP contribution in [0.4, 0.5) is 4.79 Å². The first-order chi connectivity index (χ1) is 13.3. The molecule has 144 valence electrons. The molecule has 28 heavy (non-hydrogen) atoms. The lowest BCUT2D eigenvalue weighted by Crippen LogP contribution is -2.52. The summed E-state index contributed by atoms with van der Waals surface area (Å²) >= 11 is 6.00. The summed E-state index contributed by atoms with van der Waals surface area (Å²) in [6.07, 6.45) is 0. The van der Waals surface area contributed by atoms with Gasteiger partial charge in [0.2, 0.25) is 0 Å². The van der Waals surface area contributed by atoms with Crippen molar-refractivity contribution in [3.05, 3.63) is 58.1 Å². The fourth-order valence-corrected chi connectivity index (χ4v) is 3.73. The normalized spacial score (nSPS) is 20.8. The second-order valence-electron chi connectivity index (χ2n) is 6.66. The van der Waals surface area contributed by atoms with E-state index in [1.807, 2.05) is 0 Å². The van der Waals surface area contributed by atoms with Crippen molar-refractivity contribution in [2.45, 2.75) is 12.1 Å². The molecule has 2 aliphatic heterocycles. The Balaban J connectivity index is 1.72. The largest absolute Gasteiger partial charge is 0.506 e. The highest BCUT2D eigenvalue weighted by Gasteiger charge is 2.50. The molecule has 0 unspecified atom stereocenters. The number of fused-ring (bicyclic) bond motifs is 1. The summed E-state index contributed by atoms with van der Waals surface area (Å²) in [7, 11) is 1.51. The van der Waals surface area contributed by atoms with Gasteiger partial charge in [-0.15, -0.1) is 0 Å². The summed E-state index contributed by atoms with van der Waals surface area (Å²) in [5.41, 5.74) is 0.133. The van der Waals surface area contributed by atoms with Crippen molar-refractivity contribution in [2.75, 3.05) is 13.7 Å². The number of phenolic OH excluding ortho intramolecular Hbond substituents is 1. The Kier molecular flexibility index (Phi) is 4.15. The summed E-state index contributed by atoms with van der Waals surface area (Å²) in [6, 6.07) is 8.76. The van der Waals surface area contributed by atoms with Crippen LogP contribution in [0.1, 0.15) is 21.5 Å². The van der Waals surface area contributed by atoms with E-state index in [0.29, 0.717) is 16.9 Å². The van der Waals surface area contributed by atoms with Crippen LogP contribution in [-0.4, -0.2) is 41.5 Å². The highest BCUT2D eigenvalue weighted by atomic mass is 35.5. The number of hydrogen-bond donors (Lipinski definition) is 3. The number of phenols is 1. The van der Waals surface area contributed by atoms with Crippen LogP contribution in [0, 0.1) is 0 Å². The van der Waals surface area contributed by atoms with Gasteiger partial charge in [0.15, 0.2) is 5.54 Å². The number of imide groups is 1. The number of halogens is 1. The lowest BCUT2D eigenvalue weighted by molar-refractivity contribution is -0.124. The van der Waals surface area contributed by atoms with Gasteiger partial charge in [-0.1, -0.05) is 23.7 Å². The Morgan fingerprint density at radius 3 is 2.64 bits per heavy atom. The maximum absolute atomic E-state index is 12.9. The minimum absolute atomic E-state index is 0.0339. The van der Waals surface area contributed by atoms with Gasteiger partial charge in [0.05, 0.1) is 18.7 Å². The van der Waals surface area contributed by atoms with Gasteiger partial charge in [-0.3, -0.25) is 14.9 Å². The smallest absolute Gasteiger partial charge is 0.322 e. The van der Waals surface area contributed by atoms with E-state index in [2.05, 4.69) is 10.6 Å². The average molecular weight is 402 g/mol. The number of rotatable bonds is 4. The van der Waals surface area contributed by atoms with Crippen molar-refractivity contribution in [2.24, 2.45) is 0 Å². The number of amides is 4. The van der Waals surface area contributed by atoms with Crippen molar-refractivity contribution in [1.82, 2.24) is 15.5 Å². The van der Waals surface area contributed by atoms with Gasteiger partial charge >= 0.3 is 6.03 Å². The van der Waals surface area contributed by atoms with E-state index >= 15 is 0 Å². The first kappa shape index (κ1) is 18.1. The van der Waals surface area contributed by atoms with Crippen molar-refractivity contribution in [1.29, 1.82) is 0 Å². The predicted octanol–water partition coefficient (Wildman–Crippen LogP) is 1.74. The Morgan fingerprint density at radius 2 is 2.00 bits per heavy atom. The van der Waals surface area contributed by atoms with Gasteiger partial charge in [-0.05, 0) is 35.4 Å². The number of hydrogen-bond acceptors (Lipinski definition) is 5. The molecule has 4 amide bonds. The van der Waals surface area contributed by atoms with E-state index in [-0.39, 0.29) is 29.8 Å². The summed E-state index contributed by atoms with van der Waals surface area (Å²) in [5, 5.41) is 14.6. The Bertz CT molecular complexity index is 1020. The number of carbonyl (C=O) groups is 3. The average Bonchev–Trinajstić information content (AvgIpc) is 3.13. The second kappa shape index (κ2) is 6.42. The van der Waals surface area contributed by atoms with Gasteiger partial charge in [0.25, 0.3) is 11.8 Å². The SMILES string of the molecule is COc1ccc2c(c1)C(=O)N(C[C@@]1(c3ccc(O)c(Cl)c3)NC(=O)NC1=O)C2. The van der Waals surface area contributed by atoms with Crippen LogP contribution >= 0.6 is 11.6 Å². The number of nitrogens with one attached hydrogen (secondary N) is 2. The van der Waals surface area contributed by atoms with Crippen LogP contribution in [0.15, 0.2) is 36.4 Å². The van der Waals surface area contributed by atoms with Crippen molar-refractivity contribution < 1.29 is 24.2 Å². The Labute approximate surface area is 165 Å². The molecule has 1 fully saturated rings. The van der Waals surface area contributed by atoms with Gasteiger partial charge in [-0.2, -0.15) is 0 Å². The molecule has 0 radical (unpaired) electrons. The van der Waals surface area contributed by atoms with Gasteiger partial charge in [-0.25, -0.2) is 4.79 Å². The first-order valence-corrected chi connectivity index (χ1v) is 8.80. The second-order valence-corrected chi connectivity index (χ2v) is 7.07. The van der Waals surface area contributed by atoms with E-state index in [9.17, 15) is 19.5 Å². The molecular weight excluding hydrogens is 386 g/mol. The minimum Gasteiger partial charge on any atom is -0.506 e. The molecule has 8 nitrogen and oxygen atoms in total. The molecule has 2 aromatic rings. The Hall–Kier alpha value is -3.26. The fraction of sp³-hybridized carbons (Fsp3) is 0.211. The standard InChI is InChI=1S/C19H16ClN3O5/c1-28-12-4-2-10-8-23(16(25)13(10)7-12)9-19(17(26)21-18(27)22-19)11-3-5-15(24)14(20)6-11/h2-7,24H,8-9H2,1H3,(H2,21,22,26,27)/t19-/m0/s1. The number of aromatic hydroxyl groups is 1. The number of benzene rings is 2. The summed E-state index contributed by atoms with van der Waals surface area (Å²) in [5.74, 6) is -0.462. The molecule has 1 saturated heterocycles. The van der Waals surface area contributed by atoms with E-state index < -0.39 is 17.5 Å². The third-order valence-electron chi connectivity index (χ3n) is 5.01. The zero-order valence-corrected chi connectivity index (χ0v) is 15.5. The monoisotopic (exact) mass is 401 g/mol. The molecule has 0 bridgehead atoms. The highest BCUT2D eigenvalue weighted by Crippen LogP contribution is 2.35. The third-order valence-corrected chi connectivity index (χ3v) is 5.31. The van der Waals surface area contributed by atoms with Crippen LogP contribution in [-0.2, 0) is 16.9 Å². The summed E-state index contributed by atoms with van der Waals surface area (Å²) in [6.45, 7) is 0.191. The highest BCUT2D eigenvalue weighted by molar-refractivity contribution is 6.32. The molecule has 4 rings (SSSR count). The lowest BCUT2D eigenvalue weighted by Gasteiger charge is -2.31. The number of carbonyl (C=O) groups excluding carboxylic acids is 3. The van der Waals surface area contributed by atoms with Crippen molar-refractivity contribution in [3.8, 4) is 11.5 Å². The molecule has 1 atom stereocenters. The first-order valence-electron chi connectivity index (χ1n) is 8.43. The molecule has 2 aliphatic rings. The maximum atomic E-state index is 12.9. The summed E-state index contributed by atoms with van der Waals surface area (Å²) in [4.78, 5) is 39.0. The van der Waals surface area contributed by atoms with Crippen molar-refractivity contribution >= 4 is 29.4 Å². The van der Waals surface area contributed by atoms with Crippen LogP contribution < -0.4 is 15.4 Å². The number of nitrogens with zero attached hydrogens (tertiary/aromatic N) is 1. The molecule has 2 aromatic carbocycles. The quantitative estimate of drug-likeness (QED) is 0.676. The lowest BCUT2D eigenvalue weighted by atomic mass is 9.89. The van der Waals surface area contributed by atoms with E-state index in [1.54, 1.807) is 18.2 Å².